The van der Waals surface area contributed by atoms with Gasteiger partial charge < -0.3 is 9.53 Å². The van der Waals surface area contributed by atoms with E-state index in [9.17, 15) is 4.79 Å². The van der Waals surface area contributed by atoms with Gasteiger partial charge in [-0.1, -0.05) is 0 Å². The van der Waals surface area contributed by atoms with Crippen molar-refractivity contribution in [2.24, 2.45) is 0 Å². The largest absolute Gasteiger partial charge is 0.365 e. The molecule has 4 nitrogen and oxygen atoms in total. The first-order chi connectivity index (χ1) is 3.43. The second kappa shape index (κ2) is 3.73. The van der Waals surface area contributed by atoms with E-state index in [0.717, 1.165) is 6.29 Å². The van der Waals surface area contributed by atoms with Crippen molar-refractivity contribution >= 4 is 6.29 Å². The molecule has 0 radical (unpaired) electrons. The fourth-order valence-corrected chi connectivity index (χ4v) is 0.134. The minimum Gasteiger partial charge on any atom is -0.365 e. The third-order valence-corrected chi connectivity index (χ3v) is 0.511. The number of epoxide rings is 1. The van der Waals surface area contributed by atoms with E-state index in [4.69, 9.17) is 10.5 Å². The lowest BCUT2D eigenvalue weighted by atomic mass is 10.6. The summed E-state index contributed by atoms with van der Waals surface area (Å²) >= 11 is 0. The summed E-state index contributed by atoms with van der Waals surface area (Å²) in [6.07, 6.45) is 0.759. The zero-order chi connectivity index (χ0) is 5.70. The molecular weight excluding hydrogens is 100 g/mol. The van der Waals surface area contributed by atoms with Crippen LogP contribution in [-0.4, -0.2) is 29.5 Å². The molecule has 0 aliphatic carbocycles. The second-order valence-electron chi connectivity index (χ2n) is 1.01. The number of carbonyl (C=O) groups excluding carboxylic acids is 1. The third kappa shape index (κ3) is 3.38. The topological polar surface area (TPSA) is 70.1 Å². The predicted octanol–water partition coefficient (Wildman–Crippen LogP) is -0.398. The van der Waals surface area contributed by atoms with Crippen LogP contribution in [0, 0.1) is 0 Å². The summed E-state index contributed by atoms with van der Waals surface area (Å²) in [5.74, 6) is 0. The average Bonchev–Trinajstić information content (AvgIpc) is 2.52. The molecule has 1 saturated heterocycles. The standard InChI is InChI=1S/C3H4O2.H2O2/c4-1-3-2-5-3;1-2/h1,3H,2H2;1-2H. The molecule has 0 spiro atoms. The van der Waals surface area contributed by atoms with Gasteiger partial charge in [0.25, 0.3) is 0 Å². The van der Waals surface area contributed by atoms with Crippen molar-refractivity contribution in [3.05, 3.63) is 0 Å². The molecule has 2 N–H and O–H groups in total. The molecule has 0 bridgehead atoms. The first-order valence-corrected chi connectivity index (χ1v) is 1.70. The smallest absolute Gasteiger partial charge is 0.151 e. The highest BCUT2D eigenvalue weighted by atomic mass is 17.0. The van der Waals surface area contributed by atoms with Crippen LogP contribution in [0.1, 0.15) is 0 Å². The van der Waals surface area contributed by atoms with Crippen molar-refractivity contribution in [2.75, 3.05) is 6.61 Å². The number of hydrogen-bond donors (Lipinski definition) is 2. The Morgan fingerprint density at radius 1 is 1.71 bits per heavy atom. The molecule has 0 aromatic heterocycles. The summed E-state index contributed by atoms with van der Waals surface area (Å²) in [6.45, 7) is 0.642. The fourth-order valence-electron chi connectivity index (χ4n) is 0.134. The van der Waals surface area contributed by atoms with Gasteiger partial charge in [0.2, 0.25) is 0 Å². The van der Waals surface area contributed by atoms with Gasteiger partial charge in [0, 0.05) is 0 Å². The highest BCUT2D eigenvalue weighted by molar-refractivity contribution is 5.58. The van der Waals surface area contributed by atoms with Crippen LogP contribution >= 0.6 is 0 Å². The van der Waals surface area contributed by atoms with E-state index < -0.39 is 0 Å². The number of ether oxygens (including phenoxy) is 1. The summed E-state index contributed by atoms with van der Waals surface area (Å²) in [5.41, 5.74) is 0. The molecule has 4 heteroatoms. The normalized spacial score (nSPS) is 24.6. The van der Waals surface area contributed by atoms with Gasteiger partial charge in [0.1, 0.15) is 6.10 Å². The van der Waals surface area contributed by atoms with Crippen LogP contribution in [0.4, 0.5) is 0 Å². The molecule has 1 aliphatic heterocycles. The van der Waals surface area contributed by atoms with Crippen molar-refractivity contribution in [1.29, 1.82) is 0 Å². The highest BCUT2D eigenvalue weighted by Crippen LogP contribution is 2.02. The van der Waals surface area contributed by atoms with E-state index in [2.05, 4.69) is 4.74 Å². The fraction of sp³-hybridized carbons (Fsp3) is 0.667. The summed E-state index contributed by atoms with van der Waals surface area (Å²) < 4.78 is 4.49. The predicted molar refractivity (Wildman–Crippen MR) is 21.1 cm³/mol. The van der Waals surface area contributed by atoms with Crippen LogP contribution in [0.15, 0.2) is 0 Å². The zero-order valence-electron chi connectivity index (χ0n) is 3.57. The van der Waals surface area contributed by atoms with Gasteiger partial charge in [0.05, 0.1) is 6.61 Å². The lowest BCUT2D eigenvalue weighted by Crippen LogP contribution is -1.79. The molecule has 7 heavy (non-hydrogen) atoms. The maximum absolute atomic E-state index is 9.44. The van der Waals surface area contributed by atoms with Crippen LogP contribution in [0.2, 0.25) is 0 Å². The first-order valence-electron chi connectivity index (χ1n) is 1.70. The molecule has 1 unspecified atom stereocenters. The lowest BCUT2D eigenvalue weighted by molar-refractivity contribution is -0.176. The second-order valence-corrected chi connectivity index (χ2v) is 1.01. The summed E-state index contributed by atoms with van der Waals surface area (Å²) in [5, 5.41) is 12.0. The van der Waals surface area contributed by atoms with Gasteiger partial charge >= 0.3 is 0 Å². The highest BCUT2D eigenvalue weighted by Gasteiger charge is 2.19. The molecule has 0 aromatic carbocycles. The van der Waals surface area contributed by atoms with Crippen LogP contribution in [0.25, 0.3) is 0 Å². The molecule has 1 atom stereocenters. The minimum atomic E-state index is -0.0463. The van der Waals surface area contributed by atoms with E-state index in [1.54, 1.807) is 0 Å². The number of carbonyl (C=O) groups is 1. The average molecular weight is 106 g/mol. The van der Waals surface area contributed by atoms with Crippen molar-refractivity contribution in [3.8, 4) is 0 Å². The van der Waals surface area contributed by atoms with E-state index in [-0.39, 0.29) is 6.10 Å². The van der Waals surface area contributed by atoms with Gasteiger partial charge in [0.15, 0.2) is 6.29 Å². The lowest BCUT2D eigenvalue weighted by Gasteiger charge is -1.53. The Morgan fingerprint density at radius 2 is 2.14 bits per heavy atom. The quantitative estimate of drug-likeness (QED) is 0.206. The summed E-state index contributed by atoms with van der Waals surface area (Å²) in [7, 11) is 0. The molecule has 0 aromatic rings. The maximum Gasteiger partial charge on any atom is 0.151 e. The van der Waals surface area contributed by atoms with Gasteiger partial charge in [-0.15, -0.1) is 0 Å². The van der Waals surface area contributed by atoms with Gasteiger partial charge in [-0.2, -0.15) is 0 Å². The van der Waals surface area contributed by atoms with Crippen LogP contribution in [0.5, 0.6) is 0 Å². The molecular formula is C3H6O4. The Kier molecular flexibility index (Phi) is 3.49. The Balaban J connectivity index is 0.000000162. The van der Waals surface area contributed by atoms with Gasteiger partial charge in [-0.05, 0) is 0 Å². The summed E-state index contributed by atoms with van der Waals surface area (Å²) in [4.78, 5) is 9.44. The van der Waals surface area contributed by atoms with Crippen LogP contribution in [-0.2, 0) is 9.53 Å². The van der Waals surface area contributed by atoms with Gasteiger partial charge in [-0.25, -0.2) is 0 Å². The number of rotatable bonds is 1. The molecule has 0 saturated carbocycles. The van der Waals surface area contributed by atoms with Crippen molar-refractivity contribution in [3.63, 3.8) is 0 Å². The minimum absolute atomic E-state index is 0.0463. The Bertz CT molecular complexity index is 48.9. The first kappa shape index (κ1) is 6.55. The molecule has 1 fully saturated rings. The number of aldehydes is 1. The van der Waals surface area contributed by atoms with E-state index in [1.807, 2.05) is 0 Å². The molecule has 42 valence electrons. The van der Waals surface area contributed by atoms with Crippen LogP contribution < -0.4 is 0 Å². The Labute approximate surface area is 40.3 Å². The molecule has 1 rings (SSSR count). The SMILES string of the molecule is O=CC1CO1.OO. The summed E-state index contributed by atoms with van der Waals surface area (Å²) in [6, 6.07) is 0. The maximum atomic E-state index is 9.44. The molecule has 1 aliphatic rings. The van der Waals surface area contributed by atoms with Crippen molar-refractivity contribution in [1.82, 2.24) is 0 Å². The van der Waals surface area contributed by atoms with Crippen molar-refractivity contribution < 1.29 is 20.0 Å². The Hall–Kier alpha value is -0.450. The Morgan fingerprint density at radius 3 is 2.14 bits per heavy atom. The van der Waals surface area contributed by atoms with Gasteiger partial charge in [-0.3, -0.25) is 10.5 Å². The number of hydrogen-bond acceptors (Lipinski definition) is 4. The molecule has 1 heterocycles. The third-order valence-electron chi connectivity index (χ3n) is 0.511. The monoisotopic (exact) mass is 106 g/mol. The van der Waals surface area contributed by atoms with E-state index in [0.29, 0.717) is 6.61 Å². The molecule has 0 amide bonds. The van der Waals surface area contributed by atoms with Crippen LogP contribution in [0.3, 0.4) is 0 Å². The van der Waals surface area contributed by atoms with Crippen molar-refractivity contribution in [2.45, 2.75) is 6.10 Å². The van der Waals surface area contributed by atoms with E-state index >= 15 is 0 Å². The zero-order valence-corrected chi connectivity index (χ0v) is 3.57. The van der Waals surface area contributed by atoms with E-state index in [1.165, 1.54) is 0 Å².